The minimum atomic E-state index is -0.0701. The molecule has 6 nitrogen and oxygen atoms in total. The second kappa shape index (κ2) is 7.91. The molecule has 4 heterocycles. The summed E-state index contributed by atoms with van der Waals surface area (Å²) in [6.07, 6.45) is 3.63. The van der Waals surface area contributed by atoms with Gasteiger partial charge < -0.3 is 15.1 Å². The molecular weight excluding hydrogens is 396 g/mol. The van der Waals surface area contributed by atoms with Gasteiger partial charge >= 0.3 is 6.03 Å². The van der Waals surface area contributed by atoms with Gasteiger partial charge in [0.1, 0.15) is 0 Å². The zero-order valence-corrected chi connectivity index (χ0v) is 17.2. The van der Waals surface area contributed by atoms with Crippen molar-refractivity contribution in [2.75, 3.05) is 31.5 Å². The van der Waals surface area contributed by atoms with Gasteiger partial charge in [-0.05, 0) is 40.8 Å². The molecule has 2 saturated heterocycles. The number of urea groups is 1. The van der Waals surface area contributed by atoms with Gasteiger partial charge in [0.25, 0.3) is 5.91 Å². The number of rotatable bonds is 4. The van der Waals surface area contributed by atoms with E-state index >= 15 is 0 Å². The maximum absolute atomic E-state index is 12.4. The Morgan fingerprint density at radius 3 is 2.30 bits per heavy atom. The van der Waals surface area contributed by atoms with Gasteiger partial charge in [0.2, 0.25) is 0 Å². The van der Waals surface area contributed by atoms with Gasteiger partial charge in [-0.1, -0.05) is 24.3 Å². The lowest BCUT2D eigenvalue weighted by molar-refractivity contribution is 0.0607. The van der Waals surface area contributed by atoms with Gasteiger partial charge in [-0.25, -0.2) is 4.79 Å². The van der Waals surface area contributed by atoms with Crippen molar-refractivity contribution in [2.45, 2.75) is 11.8 Å². The van der Waals surface area contributed by atoms with E-state index in [1.807, 2.05) is 63.8 Å². The highest BCUT2D eigenvalue weighted by molar-refractivity contribution is 7.12. The van der Waals surface area contributed by atoms with Gasteiger partial charge in [-0.3, -0.25) is 9.78 Å². The molecule has 0 bridgehead atoms. The van der Waals surface area contributed by atoms with Crippen LogP contribution in [-0.4, -0.2) is 52.9 Å². The number of hydrogen-bond acceptors (Lipinski definition) is 4. The molecule has 3 amide bonds. The van der Waals surface area contributed by atoms with E-state index in [-0.39, 0.29) is 11.9 Å². The largest absolute Gasteiger partial charge is 0.337 e. The summed E-state index contributed by atoms with van der Waals surface area (Å²) < 4.78 is 0. The maximum Gasteiger partial charge on any atom is 0.321 e. The fraction of sp³-hybridized carbons (Fsp3) is 0.261. The maximum atomic E-state index is 12.4. The first-order valence-electron chi connectivity index (χ1n) is 10.1. The summed E-state index contributed by atoms with van der Waals surface area (Å²) in [7, 11) is 0. The molecule has 2 aromatic heterocycles. The van der Waals surface area contributed by atoms with Crippen molar-refractivity contribution in [3.05, 3.63) is 82.3 Å². The van der Waals surface area contributed by atoms with Crippen LogP contribution in [0.5, 0.6) is 0 Å². The number of nitrogens with one attached hydrogen (secondary N) is 1. The van der Waals surface area contributed by atoms with E-state index in [9.17, 15) is 9.59 Å². The third kappa shape index (κ3) is 3.68. The van der Waals surface area contributed by atoms with Crippen LogP contribution in [-0.2, 0) is 0 Å². The Labute approximate surface area is 179 Å². The number of carbonyl (C=O) groups is 2. The number of thiophene rings is 1. The molecule has 0 unspecified atom stereocenters. The average Bonchev–Trinajstić information content (AvgIpc) is 3.23. The molecule has 5 rings (SSSR count). The van der Waals surface area contributed by atoms with Crippen molar-refractivity contribution in [1.29, 1.82) is 0 Å². The summed E-state index contributed by atoms with van der Waals surface area (Å²) in [4.78, 5) is 33.4. The van der Waals surface area contributed by atoms with Gasteiger partial charge in [0.15, 0.2) is 0 Å². The summed E-state index contributed by atoms with van der Waals surface area (Å²) >= 11 is 1.48. The minimum Gasteiger partial charge on any atom is -0.337 e. The van der Waals surface area contributed by atoms with Crippen molar-refractivity contribution in [1.82, 2.24) is 14.8 Å². The molecule has 1 N–H and O–H groups in total. The Kier molecular flexibility index (Phi) is 4.96. The number of carbonyl (C=O) groups excluding carboxylic acids is 2. The molecule has 0 atom stereocenters. The Morgan fingerprint density at radius 1 is 0.900 bits per heavy atom. The first-order chi connectivity index (χ1) is 14.7. The molecule has 7 heteroatoms. The molecule has 2 aliphatic heterocycles. The lowest BCUT2D eigenvalue weighted by Gasteiger charge is -2.39. The SMILES string of the molecule is O=C(Nc1ccc(C2CN(C(=O)c3cccs3)C2)cc1)N1CC(c2cccnc2)C1. The highest BCUT2D eigenvalue weighted by atomic mass is 32.1. The van der Waals surface area contributed by atoms with Crippen LogP contribution in [0.2, 0.25) is 0 Å². The van der Waals surface area contributed by atoms with Crippen LogP contribution in [0.3, 0.4) is 0 Å². The van der Waals surface area contributed by atoms with E-state index in [2.05, 4.69) is 16.4 Å². The first kappa shape index (κ1) is 18.8. The molecule has 30 heavy (non-hydrogen) atoms. The smallest absolute Gasteiger partial charge is 0.321 e. The Hall–Kier alpha value is -3.19. The fourth-order valence-corrected chi connectivity index (χ4v) is 4.62. The molecule has 3 aromatic rings. The molecule has 0 spiro atoms. The number of benzene rings is 1. The number of likely N-dealkylation sites (tertiary alicyclic amines) is 2. The van der Waals surface area contributed by atoms with Gasteiger partial charge in [0, 0.05) is 56.1 Å². The van der Waals surface area contributed by atoms with Crippen molar-refractivity contribution < 1.29 is 9.59 Å². The lowest BCUT2D eigenvalue weighted by atomic mass is 9.91. The van der Waals surface area contributed by atoms with Crippen LogP contribution in [0, 0.1) is 0 Å². The average molecular weight is 419 g/mol. The molecule has 1 aromatic carbocycles. The number of nitrogens with zero attached hydrogens (tertiary/aromatic N) is 3. The Balaban J connectivity index is 1.10. The summed E-state index contributed by atoms with van der Waals surface area (Å²) in [6, 6.07) is 15.7. The Morgan fingerprint density at radius 2 is 1.63 bits per heavy atom. The minimum absolute atomic E-state index is 0.0701. The number of amides is 3. The topological polar surface area (TPSA) is 65.5 Å². The second-order valence-corrected chi connectivity index (χ2v) is 8.77. The van der Waals surface area contributed by atoms with E-state index in [0.29, 0.717) is 24.9 Å². The lowest BCUT2D eigenvalue weighted by Crippen LogP contribution is -2.50. The standard InChI is InChI=1S/C23H22N4O2S/c28-22(21-4-2-10-30-21)26-12-18(13-26)16-5-7-20(8-6-16)25-23(29)27-14-19(15-27)17-3-1-9-24-11-17/h1-11,18-19H,12-15H2,(H,25,29). The molecular formula is C23H22N4O2S. The Bertz CT molecular complexity index is 1020. The first-order valence-corrected chi connectivity index (χ1v) is 10.9. The number of anilines is 1. The number of aromatic nitrogens is 1. The van der Waals surface area contributed by atoms with Crippen LogP contribution in [0.15, 0.2) is 66.3 Å². The summed E-state index contributed by atoms with van der Waals surface area (Å²) in [5, 5.41) is 4.90. The van der Waals surface area contributed by atoms with Crippen LogP contribution in [0.4, 0.5) is 10.5 Å². The predicted octanol–water partition coefficient (Wildman–Crippen LogP) is 4.01. The van der Waals surface area contributed by atoms with Crippen molar-refractivity contribution in [2.24, 2.45) is 0 Å². The molecule has 0 aliphatic carbocycles. The second-order valence-electron chi connectivity index (χ2n) is 7.82. The number of pyridine rings is 1. The van der Waals surface area contributed by atoms with Crippen LogP contribution >= 0.6 is 11.3 Å². The van der Waals surface area contributed by atoms with Gasteiger partial charge in [0.05, 0.1) is 4.88 Å². The predicted molar refractivity (Wildman–Crippen MR) is 117 cm³/mol. The molecule has 2 fully saturated rings. The highest BCUT2D eigenvalue weighted by Crippen LogP contribution is 2.30. The third-order valence-electron chi connectivity index (χ3n) is 5.86. The zero-order valence-electron chi connectivity index (χ0n) is 16.4. The van der Waals surface area contributed by atoms with E-state index in [1.54, 1.807) is 6.20 Å². The quantitative estimate of drug-likeness (QED) is 0.696. The van der Waals surface area contributed by atoms with Crippen molar-refractivity contribution in [3.8, 4) is 0 Å². The van der Waals surface area contributed by atoms with Crippen LogP contribution < -0.4 is 5.32 Å². The summed E-state index contributed by atoms with van der Waals surface area (Å²) in [6.45, 7) is 2.91. The monoisotopic (exact) mass is 418 g/mol. The van der Waals surface area contributed by atoms with E-state index < -0.39 is 0 Å². The van der Waals surface area contributed by atoms with Gasteiger partial charge in [-0.15, -0.1) is 11.3 Å². The molecule has 0 saturated carbocycles. The zero-order chi connectivity index (χ0) is 20.5. The van der Waals surface area contributed by atoms with Crippen LogP contribution in [0.1, 0.15) is 32.6 Å². The van der Waals surface area contributed by atoms with E-state index in [4.69, 9.17) is 0 Å². The number of hydrogen-bond donors (Lipinski definition) is 1. The van der Waals surface area contributed by atoms with E-state index in [1.165, 1.54) is 22.5 Å². The molecule has 2 aliphatic rings. The highest BCUT2D eigenvalue weighted by Gasteiger charge is 2.33. The summed E-state index contributed by atoms with van der Waals surface area (Å²) in [5.41, 5.74) is 3.17. The van der Waals surface area contributed by atoms with Crippen molar-refractivity contribution >= 4 is 29.0 Å². The molecule has 0 radical (unpaired) electrons. The van der Waals surface area contributed by atoms with Gasteiger partial charge in [-0.2, -0.15) is 0 Å². The fourth-order valence-electron chi connectivity index (χ4n) is 3.93. The van der Waals surface area contributed by atoms with E-state index in [0.717, 1.165) is 23.7 Å². The molecule has 152 valence electrons. The normalized spacial score (nSPS) is 16.7. The third-order valence-corrected chi connectivity index (χ3v) is 6.72. The summed E-state index contributed by atoms with van der Waals surface area (Å²) in [5.74, 6) is 0.837. The van der Waals surface area contributed by atoms with Crippen LogP contribution in [0.25, 0.3) is 0 Å². The van der Waals surface area contributed by atoms with Crippen molar-refractivity contribution in [3.63, 3.8) is 0 Å².